The molecule has 0 spiro atoms. The first-order valence-electron chi connectivity index (χ1n) is 11.2. The van der Waals surface area contributed by atoms with Crippen LogP contribution in [0, 0.1) is 13.8 Å². The minimum Gasteiger partial charge on any atom is -0.322 e. The monoisotopic (exact) mass is 471 g/mol. The number of aromatic nitrogens is 2. The summed E-state index contributed by atoms with van der Waals surface area (Å²) in [6, 6.07) is 15.0. The Kier molecular flexibility index (Phi) is 7.04. The van der Waals surface area contributed by atoms with Gasteiger partial charge in [-0.2, -0.15) is 18.3 Å². The largest absolute Gasteiger partial charge is 0.416 e. The van der Waals surface area contributed by atoms with Crippen molar-refractivity contribution < 1.29 is 18.0 Å². The Labute approximate surface area is 196 Å². The average Bonchev–Trinajstić information content (AvgIpc) is 3.07. The van der Waals surface area contributed by atoms with Gasteiger partial charge in [0.25, 0.3) is 0 Å². The standard InChI is InChI=1S/C25H28F3N5O/c1-17-24(18(2)33(31-17)15-19-6-4-3-5-7-19)30-23(34)16-32-13-12-29-14-22(32)20-8-10-21(11-9-20)25(26,27)28/h3-11,22,29H,12-16H2,1-2H3,(H,30,34)/t22-/m0/s1. The van der Waals surface area contributed by atoms with Crippen LogP contribution in [-0.4, -0.2) is 46.8 Å². The zero-order valence-electron chi connectivity index (χ0n) is 19.2. The summed E-state index contributed by atoms with van der Waals surface area (Å²) in [5, 5.41) is 10.8. The van der Waals surface area contributed by atoms with Crippen molar-refractivity contribution in [1.29, 1.82) is 0 Å². The highest BCUT2D eigenvalue weighted by molar-refractivity contribution is 5.93. The normalized spacial score (nSPS) is 17.0. The second-order valence-corrected chi connectivity index (χ2v) is 8.55. The smallest absolute Gasteiger partial charge is 0.322 e. The summed E-state index contributed by atoms with van der Waals surface area (Å²) in [6.07, 6.45) is -4.37. The van der Waals surface area contributed by atoms with Crippen LogP contribution in [0.25, 0.3) is 0 Å². The lowest BCUT2D eigenvalue weighted by Gasteiger charge is -2.36. The van der Waals surface area contributed by atoms with E-state index in [9.17, 15) is 18.0 Å². The van der Waals surface area contributed by atoms with Crippen molar-refractivity contribution in [2.75, 3.05) is 31.5 Å². The summed E-state index contributed by atoms with van der Waals surface area (Å²) in [5.41, 5.74) is 3.49. The van der Waals surface area contributed by atoms with Crippen molar-refractivity contribution in [1.82, 2.24) is 20.0 Å². The van der Waals surface area contributed by atoms with Gasteiger partial charge in [-0.25, -0.2) is 0 Å². The molecule has 3 aromatic rings. The molecule has 1 aromatic heterocycles. The Morgan fingerprint density at radius 1 is 1.12 bits per heavy atom. The number of hydrogen-bond acceptors (Lipinski definition) is 4. The lowest BCUT2D eigenvalue weighted by Crippen LogP contribution is -2.48. The van der Waals surface area contributed by atoms with Gasteiger partial charge in [0.1, 0.15) is 0 Å². The van der Waals surface area contributed by atoms with Crippen molar-refractivity contribution >= 4 is 11.6 Å². The molecule has 1 atom stereocenters. The number of carbonyl (C=O) groups excluding carboxylic acids is 1. The first-order valence-corrected chi connectivity index (χ1v) is 11.2. The van der Waals surface area contributed by atoms with Crippen LogP contribution in [0.15, 0.2) is 54.6 Å². The number of anilines is 1. The van der Waals surface area contributed by atoms with E-state index in [2.05, 4.69) is 15.7 Å². The lowest BCUT2D eigenvalue weighted by molar-refractivity contribution is -0.137. The summed E-state index contributed by atoms with van der Waals surface area (Å²) in [5.74, 6) is -0.177. The zero-order chi connectivity index (χ0) is 24.3. The number of nitrogens with zero attached hydrogens (tertiary/aromatic N) is 3. The number of halogens is 3. The van der Waals surface area contributed by atoms with Crippen LogP contribution in [0.2, 0.25) is 0 Å². The van der Waals surface area contributed by atoms with E-state index in [1.165, 1.54) is 12.1 Å². The second kappa shape index (κ2) is 9.99. The van der Waals surface area contributed by atoms with Gasteiger partial charge in [-0.15, -0.1) is 0 Å². The lowest BCUT2D eigenvalue weighted by atomic mass is 10.0. The molecule has 2 heterocycles. The van der Waals surface area contributed by atoms with Gasteiger partial charge in [-0.1, -0.05) is 42.5 Å². The number of alkyl halides is 3. The maximum atomic E-state index is 13.0. The predicted molar refractivity (Wildman–Crippen MR) is 125 cm³/mol. The van der Waals surface area contributed by atoms with E-state index in [4.69, 9.17) is 0 Å². The van der Waals surface area contributed by atoms with Crippen LogP contribution >= 0.6 is 0 Å². The van der Waals surface area contributed by atoms with Crippen molar-refractivity contribution in [3.8, 4) is 0 Å². The molecule has 34 heavy (non-hydrogen) atoms. The van der Waals surface area contributed by atoms with Crippen LogP contribution in [0.4, 0.5) is 18.9 Å². The Bertz CT molecular complexity index is 1130. The predicted octanol–water partition coefficient (Wildman–Crippen LogP) is 4.15. The fourth-order valence-electron chi connectivity index (χ4n) is 4.31. The van der Waals surface area contributed by atoms with Gasteiger partial charge in [0.15, 0.2) is 0 Å². The van der Waals surface area contributed by atoms with Crippen molar-refractivity contribution in [2.24, 2.45) is 0 Å². The number of hydrogen-bond donors (Lipinski definition) is 2. The molecule has 0 unspecified atom stereocenters. The van der Waals surface area contributed by atoms with E-state index in [-0.39, 0.29) is 18.5 Å². The molecule has 9 heteroatoms. The second-order valence-electron chi connectivity index (χ2n) is 8.55. The highest BCUT2D eigenvalue weighted by atomic mass is 19.4. The number of amides is 1. The molecule has 2 N–H and O–H groups in total. The molecule has 2 aromatic carbocycles. The SMILES string of the molecule is Cc1nn(Cc2ccccc2)c(C)c1NC(=O)CN1CCNC[C@H]1c1ccc(C(F)(F)F)cc1. The highest BCUT2D eigenvalue weighted by Crippen LogP contribution is 2.31. The molecular formula is C25H28F3N5O. The van der Waals surface area contributed by atoms with E-state index in [1.807, 2.05) is 53.8 Å². The number of benzene rings is 2. The van der Waals surface area contributed by atoms with Gasteiger partial charge in [-0.05, 0) is 37.1 Å². The van der Waals surface area contributed by atoms with Gasteiger partial charge in [0.2, 0.25) is 5.91 Å². The molecule has 180 valence electrons. The third-order valence-electron chi connectivity index (χ3n) is 6.14. The Hall–Kier alpha value is -3.17. The van der Waals surface area contributed by atoms with Crippen LogP contribution in [0.1, 0.15) is 34.1 Å². The van der Waals surface area contributed by atoms with Crippen molar-refractivity contribution in [3.05, 3.63) is 82.7 Å². The average molecular weight is 472 g/mol. The van der Waals surface area contributed by atoms with Gasteiger partial charge in [0.05, 0.1) is 35.7 Å². The van der Waals surface area contributed by atoms with Crippen LogP contribution in [0.3, 0.4) is 0 Å². The summed E-state index contributed by atoms with van der Waals surface area (Å²) >= 11 is 0. The number of aryl methyl sites for hydroxylation is 1. The fourth-order valence-corrected chi connectivity index (χ4v) is 4.31. The molecule has 1 amide bonds. The Balaban J connectivity index is 1.44. The zero-order valence-corrected chi connectivity index (χ0v) is 19.2. The molecule has 0 radical (unpaired) electrons. The topological polar surface area (TPSA) is 62.2 Å². The first-order chi connectivity index (χ1) is 16.2. The number of nitrogens with one attached hydrogen (secondary N) is 2. The third kappa shape index (κ3) is 5.48. The summed E-state index contributed by atoms with van der Waals surface area (Å²) in [7, 11) is 0. The number of rotatable bonds is 6. The van der Waals surface area contributed by atoms with Crippen LogP contribution < -0.4 is 10.6 Å². The summed E-state index contributed by atoms with van der Waals surface area (Å²) in [4.78, 5) is 14.9. The fraction of sp³-hybridized carbons (Fsp3) is 0.360. The molecule has 4 rings (SSSR count). The van der Waals surface area contributed by atoms with Gasteiger partial charge in [0, 0.05) is 25.7 Å². The third-order valence-corrected chi connectivity index (χ3v) is 6.14. The Morgan fingerprint density at radius 2 is 1.82 bits per heavy atom. The molecule has 1 aliphatic heterocycles. The molecule has 0 saturated carbocycles. The van der Waals surface area contributed by atoms with E-state index >= 15 is 0 Å². The maximum absolute atomic E-state index is 13.0. The highest BCUT2D eigenvalue weighted by Gasteiger charge is 2.31. The Morgan fingerprint density at radius 3 is 2.50 bits per heavy atom. The molecular weight excluding hydrogens is 443 g/mol. The number of carbonyl (C=O) groups is 1. The molecule has 6 nitrogen and oxygen atoms in total. The maximum Gasteiger partial charge on any atom is 0.416 e. The van der Waals surface area contributed by atoms with Crippen LogP contribution in [0.5, 0.6) is 0 Å². The summed E-state index contributed by atoms with van der Waals surface area (Å²) < 4.78 is 40.6. The molecule has 1 saturated heterocycles. The van der Waals surface area contributed by atoms with Gasteiger partial charge in [-0.3, -0.25) is 14.4 Å². The van der Waals surface area contributed by atoms with E-state index in [0.717, 1.165) is 34.6 Å². The number of piperazine rings is 1. The van der Waals surface area contributed by atoms with E-state index in [0.29, 0.717) is 31.9 Å². The van der Waals surface area contributed by atoms with E-state index in [1.54, 1.807) is 0 Å². The van der Waals surface area contributed by atoms with Crippen molar-refractivity contribution in [3.63, 3.8) is 0 Å². The molecule has 1 aliphatic rings. The summed E-state index contributed by atoms with van der Waals surface area (Å²) in [6.45, 7) is 6.41. The first kappa shape index (κ1) is 24.0. The van der Waals surface area contributed by atoms with Crippen molar-refractivity contribution in [2.45, 2.75) is 32.6 Å². The van der Waals surface area contributed by atoms with Crippen LogP contribution in [-0.2, 0) is 17.5 Å². The molecule has 0 bridgehead atoms. The van der Waals surface area contributed by atoms with E-state index < -0.39 is 11.7 Å². The van der Waals surface area contributed by atoms with Gasteiger partial charge < -0.3 is 10.6 Å². The minimum atomic E-state index is -4.37. The minimum absolute atomic E-state index is 0.135. The molecule has 0 aliphatic carbocycles. The van der Waals surface area contributed by atoms with Gasteiger partial charge >= 0.3 is 6.18 Å². The molecule has 1 fully saturated rings. The quantitative estimate of drug-likeness (QED) is 0.567.